The van der Waals surface area contributed by atoms with Crippen molar-refractivity contribution >= 4 is 11.9 Å². The molecule has 0 aliphatic heterocycles. The highest BCUT2D eigenvalue weighted by molar-refractivity contribution is 5.88. The van der Waals surface area contributed by atoms with Gasteiger partial charge < -0.3 is 15.7 Å². The van der Waals surface area contributed by atoms with Crippen molar-refractivity contribution in [1.29, 1.82) is 0 Å². The lowest BCUT2D eigenvalue weighted by Gasteiger charge is -2.16. The average molecular weight is 298 g/mol. The maximum absolute atomic E-state index is 11.5. The third kappa shape index (κ3) is 3.71. The fourth-order valence-corrected chi connectivity index (χ4v) is 2.17. The van der Waals surface area contributed by atoms with E-state index in [0.29, 0.717) is 6.54 Å². The lowest BCUT2D eigenvalue weighted by molar-refractivity contribution is -0.128. The standard InChI is InChI=1S/C17H18N2O3/c1-19(16(20)10-18)11-12-3-2-4-15(9-12)13-5-7-14(8-6-13)17(21)22/h2-9H,10-11,18H2,1H3,(H,21,22). The molecule has 0 radical (unpaired) electrons. The van der Waals surface area contributed by atoms with Crippen molar-refractivity contribution in [3.8, 4) is 11.1 Å². The number of benzene rings is 2. The number of aromatic carboxylic acids is 1. The van der Waals surface area contributed by atoms with Crippen LogP contribution in [0.3, 0.4) is 0 Å². The Labute approximate surface area is 129 Å². The Morgan fingerprint density at radius 3 is 2.36 bits per heavy atom. The molecule has 5 heteroatoms. The predicted octanol–water partition coefficient (Wildman–Crippen LogP) is 1.97. The molecule has 114 valence electrons. The zero-order chi connectivity index (χ0) is 16.1. The van der Waals surface area contributed by atoms with Crippen molar-refractivity contribution in [2.45, 2.75) is 6.54 Å². The first-order valence-corrected chi connectivity index (χ1v) is 6.88. The van der Waals surface area contributed by atoms with E-state index in [1.54, 1.807) is 36.2 Å². The van der Waals surface area contributed by atoms with E-state index in [4.69, 9.17) is 10.8 Å². The van der Waals surface area contributed by atoms with Gasteiger partial charge in [0.1, 0.15) is 0 Å². The van der Waals surface area contributed by atoms with Crippen LogP contribution < -0.4 is 5.73 Å². The predicted molar refractivity (Wildman–Crippen MR) is 84.4 cm³/mol. The third-order valence-corrected chi connectivity index (χ3v) is 3.41. The third-order valence-electron chi connectivity index (χ3n) is 3.41. The fraction of sp³-hybridized carbons (Fsp3) is 0.176. The van der Waals surface area contributed by atoms with Crippen molar-refractivity contribution in [2.75, 3.05) is 13.6 Å². The quantitative estimate of drug-likeness (QED) is 0.884. The molecule has 0 aliphatic carbocycles. The minimum Gasteiger partial charge on any atom is -0.478 e. The van der Waals surface area contributed by atoms with Crippen LogP contribution >= 0.6 is 0 Å². The Bertz CT molecular complexity index is 681. The van der Waals surface area contributed by atoms with Gasteiger partial charge in [-0.25, -0.2) is 4.79 Å². The summed E-state index contributed by atoms with van der Waals surface area (Å²) in [6, 6.07) is 14.5. The second-order valence-electron chi connectivity index (χ2n) is 5.04. The molecule has 0 unspecified atom stereocenters. The van der Waals surface area contributed by atoms with Gasteiger partial charge in [0.15, 0.2) is 0 Å². The zero-order valence-corrected chi connectivity index (χ0v) is 12.3. The molecular weight excluding hydrogens is 280 g/mol. The number of carboxylic acids is 1. The van der Waals surface area contributed by atoms with Crippen molar-refractivity contribution in [1.82, 2.24) is 4.90 Å². The second-order valence-corrected chi connectivity index (χ2v) is 5.04. The summed E-state index contributed by atoms with van der Waals surface area (Å²) < 4.78 is 0. The van der Waals surface area contributed by atoms with Gasteiger partial charge in [0, 0.05) is 13.6 Å². The maximum Gasteiger partial charge on any atom is 0.335 e. The van der Waals surface area contributed by atoms with E-state index in [0.717, 1.165) is 16.7 Å². The van der Waals surface area contributed by atoms with Crippen LogP contribution in [0.2, 0.25) is 0 Å². The Hall–Kier alpha value is -2.66. The molecule has 0 saturated heterocycles. The zero-order valence-electron chi connectivity index (χ0n) is 12.3. The molecule has 0 aliphatic rings. The number of carboxylic acid groups (broad SMARTS) is 1. The van der Waals surface area contributed by atoms with Gasteiger partial charge in [-0.2, -0.15) is 0 Å². The molecule has 0 fully saturated rings. The first-order chi connectivity index (χ1) is 10.5. The average Bonchev–Trinajstić information content (AvgIpc) is 2.54. The first kappa shape index (κ1) is 15.7. The SMILES string of the molecule is CN(Cc1cccc(-c2ccc(C(=O)O)cc2)c1)C(=O)CN. The maximum atomic E-state index is 11.5. The summed E-state index contributed by atoms with van der Waals surface area (Å²) in [4.78, 5) is 24.0. The van der Waals surface area contributed by atoms with Crippen LogP contribution in [0.5, 0.6) is 0 Å². The topological polar surface area (TPSA) is 83.6 Å². The van der Waals surface area contributed by atoms with E-state index in [-0.39, 0.29) is 18.0 Å². The number of likely N-dealkylation sites (N-methyl/N-ethyl adjacent to an activating group) is 1. The van der Waals surface area contributed by atoms with Crippen LogP contribution in [0.4, 0.5) is 0 Å². The summed E-state index contributed by atoms with van der Waals surface area (Å²) in [5.74, 6) is -1.06. The normalized spacial score (nSPS) is 10.3. The molecule has 22 heavy (non-hydrogen) atoms. The Kier molecular flexibility index (Phi) is 4.91. The van der Waals surface area contributed by atoms with Crippen LogP contribution in [0.25, 0.3) is 11.1 Å². The lowest BCUT2D eigenvalue weighted by Crippen LogP contribution is -2.32. The smallest absolute Gasteiger partial charge is 0.335 e. The molecule has 0 spiro atoms. The van der Waals surface area contributed by atoms with E-state index in [1.807, 2.05) is 24.3 Å². The molecule has 0 saturated carbocycles. The van der Waals surface area contributed by atoms with Gasteiger partial charge in [-0.1, -0.05) is 30.3 Å². The van der Waals surface area contributed by atoms with E-state index < -0.39 is 5.97 Å². The summed E-state index contributed by atoms with van der Waals surface area (Å²) in [6.45, 7) is 0.476. The van der Waals surface area contributed by atoms with Gasteiger partial charge in [-0.15, -0.1) is 0 Å². The largest absolute Gasteiger partial charge is 0.478 e. The molecule has 2 rings (SSSR count). The van der Waals surface area contributed by atoms with E-state index in [9.17, 15) is 9.59 Å². The summed E-state index contributed by atoms with van der Waals surface area (Å²) in [6.07, 6.45) is 0. The minimum absolute atomic E-state index is 0.00710. The van der Waals surface area contributed by atoms with Crippen molar-refractivity contribution in [3.05, 3.63) is 59.7 Å². The molecule has 0 atom stereocenters. The molecule has 0 bridgehead atoms. The minimum atomic E-state index is -0.942. The molecule has 3 N–H and O–H groups in total. The number of nitrogens with two attached hydrogens (primary N) is 1. The Morgan fingerprint density at radius 1 is 1.09 bits per heavy atom. The number of rotatable bonds is 5. The second kappa shape index (κ2) is 6.87. The molecular formula is C17H18N2O3. The van der Waals surface area contributed by atoms with E-state index >= 15 is 0 Å². The number of hydrogen-bond donors (Lipinski definition) is 2. The van der Waals surface area contributed by atoms with Gasteiger partial charge in [0.25, 0.3) is 0 Å². The molecule has 2 aromatic carbocycles. The molecule has 5 nitrogen and oxygen atoms in total. The highest BCUT2D eigenvalue weighted by atomic mass is 16.4. The van der Waals surface area contributed by atoms with Crippen LogP contribution in [0.1, 0.15) is 15.9 Å². The van der Waals surface area contributed by atoms with Gasteiger partial charge >= 0.3 is 5.97 Å². The highest BCUT2D eigenvalue weighted by Crippen LogP contribution is 2.21. The lowest BCUT2D eigenvalue weighted by atomic mass is 10.0. The highest BCUT2D eigenvalue weighted by Gasteiger charge is 2.08. The number of hydrogen-bond acceptors (Lipinski definition) is 3. The first-order valence-electron chi connectivity index (χ1n) is 6.88. The van der Waals surface area contributed by atoms with E-state index in [1.165, 1.54) is 0 Å². The summed E-state index contributed by atoms with van der Waals surface area (Å²) in [7, 11) is 1.71. The van der Waals surface area contributed by atoms with Gasteiger partial charge in [-0.05, 0) is 34.9 Å². The van der Waals surface area contributed by atoms with Gasteiger partial charge in [0.2, 0.25) is 5.91 Å². The molecule has 1 amide bonds. The Balaban J connectivity index is 2.20. The molecule has 0 aromatic heterocycles. The van der Waals surface area contributed by atoms with Crippen LogP contribution in [0, 0.1) is 0 Å². The van der Waals surface area contributed by atoms with Crippen molar-refractivity contribution < 1.29 is 14.7 Å². The molecule has 0 heterocycles. The monoisotopic (exact) mass is 298 g/mol. The van der Waals surface area contributed by atoms with Gasteiger partial charge in [0.05, 0.1) is 12.1 Å². The van der Waals surface area contributed by atoms with Crippen molar-refractivity contribution in [3.63, 3.8) is 0 Å². The van der Waals surface area contributed by atoms with Crippen LogP contribution in [0.15, 0.2) is 48.5 Å². The van der Waals surface area contributed by atoms with Crippen molar-refractivity contribution in [2.24, 2.45) is 5.73 Å². The number of carbonyl (C=O) groups is 2. The number of amides is 1. The summed E-state index contributed by atoms with van der Waals surface area (Å²) in [5, 5.41) is 8.92. The van der Waals surface area contributed by atoms with Crippen LogP contribution in [-0.2, 0) is 11.3 Å². The summed E-state index contributed by atoms with van der Waals surface area (Å²) >= 11 is 0. The summed E-state index contributed by atoms with van der Waals surface area (Å²) in [5.41, 5.74) is 8.50. The Morgan fingerprint density at radius 2 is 1.77 bits per heavy atom. The van der Waals surface area contributed by atoms with E-state index in [2.05, 4.69) is 0 Å². The number of carbonyl (C=O) groups excluding carboxylic acids is 1. The van der Waals surface area contributed by atoms with Crippen LogP contribution in [-0.4, -0.2) is 35.5 Å². The van der Waals surface area contributed by atoms with Gasteiger partial charge in [-0.3, -0.25) is 4.79 Å². The molecule has 2 aromatic rings. The fourth-order valence-electron chi connectivity index (χ4n) is 2.17. The number of nitrogens with zero attached hydrogens (tertiary/aromatic N) is 1.